The molecule has 0 radical (unpaired) electrons. The van der Waals surface area contributed by atoms with Crippen molar-refractivity contribution >= 4 is 45.2 Å². The number of ether oxygens (including phenoxy) is 1. The Morgan fingerprint density at radius 2 is 2.00 bits per heavy atom. The van der Waals surface area contributed by atoms with Gasteiger partial charge in [-0.2, -0.15) is 0 Å². The number of hydrogen-bond donors (Lipinski definition) is 2. The molecular weight excluding hydrogens is 362 g/mol. The molecule has 0 aliphatic carbocycles. The largest absolute Gasteiger partial charge is 0.462 e. The third kappa shape index (κ3) is 3.00. The van der Waals surface area contributed by atoms with E-state index in [0.717, 1.165) is 38.9 Å². The third-order valence-electron chi connectivity index (χ3n) is 4.50. The Hall–Kier alpha value is -3.05. The van der Waals surface area contributed by atoms with E-state index in [0.29, 0.717) is 17.2 Å². The number of pyridine rings is 1. The molecule has 0 unspecified atom stereocenters. The van der Waals surface area contributed by atoms with Crippen LogP contribution >= 0.6 is 11.6 Å². The average Bonchev–Trinajstić information content (AvgIpc) is 3.12. The number of nitrogens with zero attached hydrogens (tertiary/aromatic N) is 1. The van der Waals surface area contributed by atoms with Crippen molar-refractivity contribution in [1.29, 1.82) is 0 Å². The minimum atomic E-state index is -0.323. The highest BCUT2D eigenvalue weighted by atomic mass is 35.5. The first-order chi connectivity index (χ1) is 13.1. The van der Waals surface area contributed by atoms with Gasteiger partial charge in [-0.15, -0.1) is 0 Å². The van der Waals surface area contributed by atoms with Crippen LogP contribution in [-0.4, -0.2) is 29.6 Å². The molecule has 0 atom stereocenters. The lowest BCUT2D eigenvalue weighted by Gasteiger charge is -2.06. The molecule has 2 heterocycles. The van der Waals surface area contributed by atoms with Crippen molar-refractivity contribution in [3.63, 3.8) is 0 Å². The van der Waals surface area contributed by atoms with E-state index in [2.05, 4.69) is 10.3 Å². The molecule has 0 saturated carbocycles. The van der Waals surface area contributed by atoms with E-state index >= 15 is 0 Å². The summed E-state index contributed by atoms with van der Waals surface area (Å²) in [7, 11) is 1.86. The molecule has 27 heavy (non-hydrogen) atoms. The maximum atomic E-state index is 11.8. The SMILES string of the molecule is CCOC(=O)c1ccc(-c2cc3nc4c(NC)cccc4c(Cl)c3[nH]2)cc1. The van der Waals surface area contributed by atoms with Crippen LogP contribution in [0.1, 0.15) is 17.3 Å². The van der Waals surface area contributed by atoms with E-state index in [-0.39, 0.29) is 5.97 Å². The monoisotopic (exact) mass is 379 g/mol. The Labute approximate surface area is 161 Å². The van der Waals surface area contributed by atoms with Crippen LogP contribution in [0.15, 0.2) is 48.5 Å². The molecule has 2 aromatic heterocycles. The third-order valence-corrected chi connectivity index (χ3v) is 4.89. The number of aromatic nitrogens is 2. The predicted molar refractivity (Wildman–Crippen MR) is 110 cm³/mol. The molecule has 0 fully saturated rings. The van der Waals surface area contributed by atoms with Gasteiger partial charge in [-0.25, -0.2) is 9.78 Å². The van der Waals surface area contributed by atoms with Gasteiger partial charge in [0.2, 0.25) is 0 Å². The first-order valence-corrected chi connectivity index (χ1v) is 9.06. The standard InChI is InChI=1S/C21H18ClN3O2/c1-3-27-21(26)13-9-7-12(8-10-13)16-11-17-20(24-16)18(22)14-5-4-6-15(23-2)19(14)25-17/h4-11,23-24H,3H2,1-2H3. The number of H-pyrrole nitrogens is 1. The van der Waals surface area contributed by atoms with Crippen molar-refractivity contribution in [1.82, 2.24) is 9.97 Å². The van der Waals surface area contributed by atoms with Crippen LogP contribution in [0, 0.1) is 0 Å². The molecule has 5 nitrogen and oxygen atoms in total. The molecule has 4 rings (SSSR count). The molecule has 4 aromatic rings. The minimum absolute atomic E-state index is 0.323. The Bertz CT molecular complexity index is 1150. The van der Waals surface area contributed by atoms with Gasteiger partial charge in [-0.05, 0) is 36.8 Å². The number of carbonyl (C=O) groups is 1. The molecule has 0 bridgehead atoms. The van der Waals surface area contributed by atoms with Crippen LogP contribution in [0.3, 0.4) is 0 Å². The lowest BCUT2D eigenvalue weighted by atomic mass is 10.1. The minimum Gasteiger partial charge on any atom is -0.462 e. The summed E-state index contributed by atoms with van der Waals surface area (Å²) in [6.45, 7) is 2.14. The summed E-state index contributed by atoms with van der Waals surface area (Å²) in [6.07, 6.45) is 0. The Morgan fingerprint density at radius 1 is 1.22 bits per heavy atom. The highest BCUT2D eigenvalue weighted by Crippen LogP contribution is 2.35. The zero-order valence-electron chi connectivity index (χ0n) is 15.0. The second kappa shape index (κ2) is 6.93. The molecular formula is C21H18ClN3O2. The summed E-state index contributed by atoms with van der Waals surface area (Å²) in [6, 6.07) is 15.1. The highest BCUT2D eigenvalue weighted by molar-refractivity contribution is 6.40. The van der Waals surface area contributed by atoms with Crippen LogP contribution < -0.4 is 5.32 Å². The molecule has 0 aliphatic heterocycles. The van der Waals surface area contributed by atoms with Gasteiger partial charge in [-0.3, -0.25) is 0 Å². The fourth-order valence-corrected chi connectivity index (χ4v) is 3.45. The Morgan fingerprint density at radius 3 is 2.70 bits per heavy atom. The van der Waals surface area contributed by atoms with Crippen molar-refractivity contribution in [2.45, 2.75) is 6.92 Å². The van der Waals surface area contributed by atoms with Gasteiger partial charge in [0.1, 0.15) is 0 Å². The number of hydrogen-bond acceptors (Lipinski definition) is 4. The van der Waals surface area contributed by atoms with E-state index in [1.165, 1.54) is 0 Å². The van der Waals surface area contributed by atoms with Crippen molar-refractivity contribution in [3.8, 4) is 11.3 Å². The summed E-state index contributed by atoms with van der Waals surface area (Å²) in [5.41, 5.74) is 5.70. The highest BCUT2D eigenvalue weighted by Gasteiger charge is 2.14. The number of carbonyl (C=O) groups excluding carboxylic acids is 1. The summed E-state index contributed by atoms with van der Waals surface area (Å²) >= 11 is 6.65. The number of nitrogens with one attached hydrogen (secondary N) is 2. The van der Waals surface area contributed by atoms with Crippen LogP contribution in [-0.2, 0) is 4.74 Å². The maximum Gasteiger partial charge on any atom is 0.338 e. The first-order valence-electron chi connectivity index (χ1n) is 8.68. The molecule has 0 spiro atoms. The molecule has 0 saturated heterocycles. The normalized spacial score (nSPS) is 11.1. The zero-order chi connectivity index (χ0) is 19.0. The van der Waals surface area contributed by atoms with E-state index in [1.807, 2.05) is 43.4 Å². The maximum absolute atomic E-state index is 11.8. The topological polar surface area (TPSA) is 67.0 Å². The Kier molecular flexibility index (Phi) is 4.46. The van der Waals surface area contributed by atoms with E-state index < -0.39 is 0 Å². The zero-order valence-corrected chi connectivity index (χ0v) is 15.7. The number of rotatable bonds is 4. The number of fused-ring (bicyclic) bond motifs is 2. The van der Waals surface area contributed by atoms with Gasteiger partial charge >= 0.3 is 5.97 Å². The lowest BCUT2D eigenvalue weighted by Crippen LogP contribution is -2.03. The quantitative estimate of drug-likeness (QED) is 0.475. The van der Waals surface area contributed by atoms with Gasteiger partial charge in [0.05, 0.1) is 39.4 Å². The fourth-order valence-electron chi connectivity index (χ4n) is 3.15. The van der Waals surface area contributed by atoms with Crippen molar-refractivity contribution in [2.75, 3.05) is 19.0 Å². The van der Waals surface area contributed by atoms with Crippen LogP contribution in [0.5, 0.6) is 0 Å². The van der Waals surface area contributed by atoms with Crippen LogP contribution in [0.4, 0.5) is 5.69 Å². The predicted octanol–water partition coefficient (Wildman–Crippen LogP) is 5.25. The molecule has 0 aliphatic rings. The number of benzene rings is 2. The number of esters is 1. The second-order valence-corrected chi connectivity index (χ2v) is 6.50. The van der Waals surface area contributed by atoms with Crippen molar-refractivity contribution in [3.05, 3.63) is 59.1 Å². The molecule has 6 heteroatoms. The van der Waals surface area contributed by atoms with Gasteiger partial charge in [0.15, 0.2) is 0 Å². The smallest absolute Gasteiger partial charge is 0.338 e. The van der Waals surface area contributed by atoms with Gasteiger partial charge in [-0.1, -0.05) is 35.9 Å². The average molecular weight is 380 g/mol. The molecule has 0 amide bonds. The number of anilines is 1. The van der Waals surface area contributed by atoms with Crippen molar-refractivity contribution < 1.29 is 9.53 Å². The first kappa shape index (κ1) is 17.4. The van der Waals surface area contributed by atoms with Gasteiger partial charge in [0.25, 0.3) is 0 Å². The summed E-state index contributed by atoms with van der Waals surface area (Å²) < 4.78 is 5.02. The molecule has 2 aromatic carbocycles. The van der Waals surface area contributed by atoms with Gasteiger partial charge < -0.3 is 15.0 Å². The molecule has 2 N–H and O–H groups in total. The van der Waals surface area contributed by atoms with E-state index in [1.54, 1.807) is 19.1 Å². The van der Waals surface area contributed by atoms with E-state index in [4.69, 9.17) is 21.3 Å². The Balaban J connectivity index is 1.80. The molecule has 136 valence electrons. The van der Waals surface area contributed by atoms with E-state index in [9.17, 15) is 4.79 Å². The van der Waals surface area contributed by atoms with Crippen molar-refractivity contribution in [2.24, 2.45) is 0 Å². The fraction of sp³-hybridized carbons (Fsp3) is 0.143. The second-order valence-electron chi connectivity index (χ2n) is 6.12. The number of aromatic amines is 1. The number of para-hydroxylation sites is 1. The summed E-state index contributed by atoms with van der Waals surface area (Å²) in [4.78, 5) is 19.9. The lowest BCUT2D eigenvalue weighted by molar-refractivity contribution is 0.0526. The van der Waals surface area contributed by atoms with Gasteiger partial charge in [0, 0.05) is 18.1 Å². The summed E-state index contributed by atoms with van der Waals surface area (Å²) in [5.74, 6) is -0.323. The number of halogens is 1. The van der Waals surface area contributed by atoms with Crippen LogP contribution in [0.2, 0.25) is 5.02 Å². The summed E-state index contributed by atoms with van der Waals surface area (Å²) in [5, 5.41) is 4.68. The van der Waals surface area contributed by atoms with Crippen LogP contribution in [0.25, 0.3) is 33.2 Å².